The molecule has 0 saturated heterocycles. The highest BCUT2D eigenvalue weighted by Gasteiger charge is 2.08. The first kappa shape index (κ1) is 14.7. The Balaban J connectivity index is 2.14. The van der Waals surface area contributed by atoms with Gasteiger partial charge in [0.05, 0.1) is 6.07 Å². The van der Waals surface area contributed by atoms with Gasteiger partial charge in [0.1, 0.15) is 6.61 Å². The fraction of sp³-hybridized carbons (Fsp3) is 0.357. The molecule has 0 unspecified atom stereocenters. The van der Waals surface area contributed by atoms with Crippen LogP contribution in [0.1, 0.15) is 24.8 Å². The maximum absolute atomic E-state index is 11.3. The maximum Gasteiger partial charge on any atom is 0.344 e. The fourth-order valence-electron chi connectivity index (χ4n) is 1.30. The summed E-state index contributed by atoms with van der Waals surface area (Å²) in [6.07, 6.45) is 0.876. The van der Waals surface area contributed by atoms with E-state index >= 15 is 0 Å². The zero-order valence-corrected chi connectivity index (χ0v) is 10.5. The van der Waals surface area contributed by atoms with E-state index in [2.05, 4.69) is 0 Å². The molecule has 0 aliphatic heterocycles. The molecule has 0 N–H and O–H groups in total. The summed E-state index contributed by atoms with van der Waals surface area (Å²) in [6, 6.07) is 11.2. The van der Waals surface area contributed by atoms with Crippen LogP contribution in [0.25, 0.3) is 0 Å². The van der Waals surface area contributed by atoms with Crippen LogP contribution in [0.15, 0.2) is 30.3 Å². The summed E-state index contributed by atoms with van der Waals surface area (Å²) in [5.74, 6) is -1.08. The topological polar surface area (TPSA) is 76.4 Å². The lowest BCUT2D eigenvalue weighted by Gasteiger charge is -2.05. The second-order valence-electron chi connectivity index (χ2n) is 3.82. The zero-order chi connectivity index (χ0) is 13.9. The maximum atomic E-state index is 11.3. The summed E-state index contributed by atoms with van der Waals surface area (Å²) in [4.78, 5) is 22.5. The molecule has 0 atom stereocenters. The van der Waals surface area contributed by atoms with E-state index in [9.17, 15) is 9.59 Å². The van der Waals surface area contributed by atoms with Crippen LogP contribution in [-0.4, -0.2) is 18.5 Å². The average Bonchev–Trinajstić information content (AvgIpc) is 2.44. The quantitative estimate of drug-likeness (QED) is 0.554. The highest BCUT2D eigenvalue weighted by Crippen LogP contribution is 2.01. The van der Waals surface area contributed by atoms with E-state index in [-0.39, 0.29) is 13.0 Å². The number of carbonyl (C=O) groups is 2. The lowest BCUT2D eigenvalue weighted by Crippen LogP contribution is -2.16. The Morgan fingerprint density at radius 2 is 1.84 bits per heavy atom. The number of benzene rings is 1. The molecule has 0 radical (unpaired) electrons. The number of nitriles is 1. The molecular weight excluding hydrogens is 246 g/mol. The molecule has 0 aromatic heterocycles. The van der Waals surface area contributed by atoms with E-state index < -0.39 is 18.5 Å². The molecule has 100 valence electrons. The van der Waals surface area contributed by atoms with Gasteiger partial charge in [0.2, 0.25) is 0 Å². The molecule has 0 bridgehead atoms. The van der Waals surface area contributed by atoms with E-state index in [0.29, 0.717) is 12.8 Å². The van der Waals surface area contributed by atoms with Crippen LogP contribution in [0.2, 0.25) is 0 Å². The lowest BCUT2D eigenvalue weighted by molar-refractivity contribution is -0.159. The van der Waals surface area contributed by atoms with Gasteiger partial charge in [-0.2, -0.15) is 5.26 Å². The minimum absolute atomic E-state index is 0.138. The van der Waals surface area contributed by atoms with E-state index in [1.807, 2.05) is 36.4 Å². The van der Waals surface area contributed by atoms with Gasteiger partial charge in [-0.25, -0.2) is 4.79 Å². The van der Waals surface area contributed by atoms with E-state index in [1.165, 1.54) is 0 Å². The summed E-state index contributed by atoms with van der Waals surface area (Å²) < 4.78 is 9.65. The molecule has 0 spiro atoms. The molecule has 0 aliphatic carbocycles. The van der Waals surface area contributed by atoms with Crippen LogP contribution in [0.4, 0.5) is 0 Å². The summed E-state index contributed by atoms with van der Waals surface area (Å²) in [5, 5.41) is 8.30. The number of hydrogen-bond acceptors (Lipinski definition) is 5. The Labute approximate surface area is 111 Å². The number of ether oxygens (including phenoxy) is 2. The van der Waals surface area contributed by atoms with Gasteiger partial charge in [-0.1, -0.05) is 30.3 Å². The van der Waals surface area contributed by atoms with Crippen molar-refractivity contribution >= 4 is 11.9 Å². The molecular formula is C14H15NO4. The van der Waals surface area contributed by atoms with Crippen molar-refractivity contribution in [1.29, 1.82) is 5.26 Å². The van der Waals surface area contributed by atoms with E-state index in [1.54, 1.807) is 0 Å². The molecule has 1 aromatic carbocycles. The standard InChI is InChI=1S/C14H15NO4/c15-9-5-4-8-13(16)19-11-14(17)18-10-12-6-2-1-3-7-12/h1-3,6-7H,4-5,8,10-11H2. The van der Waals surface area contributed by atoms with Crippen LogP contribution in [-0.2, 0) is 25.7 Å². The molecule has 0 heterocycles. The van der Waals surface area contributed by atoms with Gasteiger partial charge in [0.25, 0.3) is 0 Å². The van der Waals surface area contributed by atoms with E-state index in [0.717, 1.165) is 5.56 Å². The van der Waals surface area contributed by atoms with Crippen LogP contribution in [0.5, 0.6) is 0 Å². The molecule has 0 saturated carbocycles. The van der Waals surface area contributed by atoms with Crippen molar-refractivity contribution < 1.29 is 19.1 Å². The minimum atomic E-state index is -0.586. The summed E-state index contributed by atoms with van der Waals surface area (Å²) in [7, 11) is 0. The monoisotopic (exact) mass is 261 g/mol. The number of hydrogen-bond donors (Lipinski definition) is 0. The Morgan fingerprint density at radius 1 is 1.11 bits per heavy atom. The number of rotatable bonds is 7. The van der Waals surface area contributed by atoms with Gasteiger partial charge < -0.3 is 9.47 Å². The van der Waals surface area contributed by atoms with E-state index in [4.69, 9.17) is 14.7 Å². The lowest BCUT2D eigenvalue weighted by atomic mass is 10.2. The van der Waals surface area contributed by atoms with Gasteiger partial charge in [-0.05, 0) is 12.0 Å². The first-order chi connectivity index (χ1) is 9.22. The summed E-state index contributed by atoms with van der Waals surface area (Å²) in [6.45, 7) is -0.232. The number of esters is 2. The largest absolute Gasteiger partial charge is 0.458 e. The molecule has 5 nitrogen and oxygen atoms in total. The third-order valence-electron chi connectivity index (χ3n) is 2.26. The van der Waals surface area contributed by atoms with Crippen molar-refractivity contribution in [3.63, 3.8) is 0 Å². The zero-order valence-electron chi connectivity index (χ0n) is 10.5. The van der Waals surface area contributed by atoms with Crippen molar-refractivity contribution in [3.05, 3.63) is 35.9 Å². The van der Waals surface area contributed by atoms with Crippen LogP contribution < -0.4 is 0 Å². The Bertz CT molecular complexity index is 450. The smallest absolute Gasteiger partial charge is 0.344 e. The van der Waals surface area contributed by atoms with Gasteiger partial charge in [0, 0.05) is 12.8 Å². The summed E-state index contributed by atoms with van der Waals surface area (Å²) in [5.41, 5.74) is 0.871. The Kier molecular flexibility index (Phi) is 6.73. The van der Waals surface area contributed by atoms with Crippen LogP contribution >= 0.6 is 0 Å². The van der Waals surface area contributed by atoms with Crippen molar-refractivity contribution in [2.24, 2.45) is 0 Å². The first-order valence-electron chi connectivity index (χ1n) is 5.94. The predicted molar refractivity (Wildman–Crippen MR) is 66.7 cm³/mol. The second-order valence-corrected chi connectivity index (χ2v) is 3.82. The molecule has 1 aromatic rings. The second kappa shape index (κ2) is 8.70. The van der Waals surface area contributed by atoms with Gasteiger partial charge in [-0.3, -0.25) is 4.79 Å². The van der Waals surface area contributed by atoms with Crippen molar-refractivity contribution in [1.82, 2.24) is 0 Å². The highest BCUT2D eigenvalue weighted by molar-refractivity contribution is 5.76. The molecule has 5 heteroatoms. The summed E-state index contributed by atoms with van der Waals surface area (Å²) >= 11 is 0. The minimum Gasteiger partial charge on any atom is -0.458 e. The SMILES string of the molecule is N#CCCCC(=O)OCC(=O)OCc1ccccc1. The van der Waals surface area contributed by atoms with Crippen LogP contribution in [0, 0.1) is 11.3 Å². The normalized spacial score (nSPS) is 9.42. The van der Waals surface area contributed by atoms with Crippen molar-refractivity contribution in [2.45, 2.75) is 25.9 Å². The highest BCUT2D eigenvalue weighted by atomic mass is 16.6. The van der Waals surface area contributed by atoms with Gasteiger partial charge >= 0.3 is 11.9 Å². The average molecular weight is 261 g/mol. The van der Waals surface area contributed by atoms with Gasteiger partial charge in [-0.15, -0.1) is 0 Å². The Hall–Kier alpha value is -2.35. The number of carbonyl (C=O) groups excluding carboxylic acids is 2. The first-order valence-corrected chi connectivity index (χ1v) is 5.94. The third-order valence-corrected chi connectivity index (χ3v) is 2.26. The Morgan fingerprint density at radius 3 is 2.53 bits per heavy atom. The number of unbranched alkanes of at least 4 members (excludes halogenated alkanes) is 1. The van der Waals surface area contributed by atoms with Crippen LogP contribution in [0.3, 0.4) is 0 Å². The van der Waals surface area contributed by atoms with Crippen molar-refractivity contribution in [3.8, 4) is 6.07 Å². The molecule has 0 amide bonds. The number of nitrogens with zero attached hydrogens (tertiary/aromatic N) is 1. The van der Waals surface area contributed by atoms with Crippen molar-refractivity contribution in [2.75, 3.05) is 6.61 Å². The predicted octanol–water partition coefficient (Wildman–Crippen LogP) is 1.97. The molecule has 0 aliphatic rings. The molecule has 19 heavy (non-hydrogen) atoms. The van der Waals surface area contributed by atoms with Gasteiger partial charge in [0.15, 0.2) is 6.61 Å². The molecule has 0 fully saturated rings. The fourth-order valence-corrected chi connectivity index (χ4v) is 1.30. The third kappa shape index (κ3) is 6.84. The molecule has 1 rings (SSSR count).